The molecule has 0 fully saturated rings. The highest BCUT2D eigenvalue weighted by Gasteiger charge is 2.11. The van der Waals surface area contributed by atoms with Gasteiger partial charge in [-0.15, -0.1) is 11.3 Å². The second kappa shape index (κ2) is 7.01. The topological polar surface area (TPSA) is 54.9 Å². The van der Waals surface area contributed by atoms with Crippen LogP contribution < -0.4 is 5.32 Å². The Labute approximate surface area is 153 Å². The van der Waals surface area contributed by atoms with Gasteiger partial charge in [0.25, 0.3) is 0 Å². The molecule has 2 heterocycles. The largest absolute Gasteiger partial charge is 0.324 e. The van der Waals surface area contributed by atoms with Crippen molar-refractivity contribution in [2.24, 2.45) is 0 Å². The zero-order valence-electron chi connectivity index (χ0n) is 13.6. The Morgan fingerprint density at radius 3 is 2.77 bits per heavy atom. The van der Waals surface area contributed by atoms with Crippen molar-refractivity contribution in [3.63, 3.8) is 0 Å². The molecule has 26 heavy (non-hydrogen) atoms. The average molecular weight is 363 g/mol. The molecule has 0 aliphatic carbocycles. The summed E-state index contributed by atoms with van der Waals surface area (Å²) in [6, 6.07) is 15.7. The van der Waals surface area contributed by atoms with Gasteiger partial charge in [0.1, 0.15) is 5.82 Å². The number of para-hydroxylation sites is 1. The van der Waals surface area contributed by atoms with Crippen LogP contribution in [0.15, 0.2) is 65.5 Å². The van der Waals surface area contributed by atoms with Crippen molar-refractivity contribution in [3.05, 3.63) is 77.0 Å². The van der Waals surface area contributed by atoms with Crippen LogP contribution in [0.25, 0.3) is 22.2 Å². The average Bonchev–Trinajstić information content (AvgIpc) is 3.15. The van der Waals surface area contributed by atoms with E-state index in [4.69, 9.17) is 0 Å². The third-order valence-corrected chi connectivity index (χ3v) is 4.60. The normalized spacial score (nSPS) is 10.8. The van der Waals surface area contributed by atoms with E-state index in [1.807, 2.05) is 23.6 Å². The van der Waals surface area contributed by atoms with Crippen molar-refractivity contribution in [1.82, 2.24) is 9.97 Å². The third kappa shape index (κ3) is 3.32. The minimum absolute atomic E-state index is 0.165. The number of fused-ring (bicyclic) bond motifs is 1. The summed E-state index contributed by atoms with van der Waals surface area (Å²) >= 11 is 1.45. The number of anilines is 1. The molecule has 4 nitrogen and oxygen atoms in total. The molecule has 0 aliphatic rings. The van der Waals surface area contributed by atoms with Gasteiger partial charge in [-0.2, -0.15) is 0 Å². The van der Waals surface area contributed by atoms with Crippen LogP contribution >= 0.6 is 11.3 Å². The Bertz CT molecular complexity index is 1080. The number of carbonyl (C=O) groups is 1. The van der Waals surface area contributed by atoms with Gasteiger partial charge in [0.05, 0.1) is 34.5 Å². The van der Waals surface area contributed by atoms with Gasteiger partial charge >= 0.3 is 0 Å². The van der Waals surface area contributed by atoms with Crippen LogP contribution in [-0.2, 0) is 11.2 Å². The lowest BCUT2D eigenvalue weighted by Gasteiger charge is -2.10. The summed E-state index contributed by atoms with van der Waals surface area (Å²) in [4.78, 5) is 21.0. The van der Waals surface area contributed by atoms with E-state index >= 15 is 0 Å². The van der Waals surface area contributed by atoms with E-state index in [0.29, 0.717) is 22.5 Å². The zero-order valence-corrected chi connectivity index (χ0v) is 14.5. The number of thiazole rings is 1. The fourth-order valence-electron chi connectivity index (χ4n) is 2.75. The molecule has 0 radical (unpaired) electrons. The molecule has 0 atom stereocenters. The molecule has 0 unspecified atom stereocenters. The smallest absolute Gasteiger partial charge is 0.230 e. The predicted octanol–water partition coefficient (Wildman–Crippen LogP) is 4.68. The summed E-state index contributed by atoms with van der Waals surface area (Å²) in [6.45, 7) is 0. The number of aromatic nitrogens is 2. The second-order valence-electron chi connectivity index (χ2n) is 5.76. The lowest BCUT2D eigenvalue weighted by atomic mass is 10.1. The van der Waals surface area contributed by atoms with E-state index in [1.54, 1.807) is 35.8 Å². The zero-order chi connectivity index (χ0) is 17.9. The van der Waals surface area contributed by atoms with Crippen molar-refractivity contribution in [2.75, 3.05) is 5.32 Å². The molecule has 0 bridgehead atoms. The van der Waals surface area contributed by atoms with Crippen LogP contribution in [0.2, 0.25) is 0 Å². The standard InChI is InChI=1S/C20H14FN3OS/c21-16-6-2-1-5-15(16)17-9-8-13-4-3-7-18(20(13)24-17)23-19(25)10-14-11-26-12-22-14/h1-9,11-12H,10H2,(H,23,25). The summed E-state index contributed by atoms with van der Waals surface area (Å²) in [5, 5.41) is 5.60. The number of amides is 1. The van der Waals surface area contributed by atoms with Crippen molar-refractivity contribution in [2.45, 2.75) is 6.42 Å². The van der Waals surface area contributed by atoms with E-state index in [1.165, 1.54) is 17.4 Å². The maximum Gasteiger partial charge on any atom is 0.230 e. The molecule has 0 aliphatic heterocycles. The maximum absolute atomic E-state index is 14.1. The molecule has 4 aromatic rings. The number of nitrogens with one attached hydrogen (secondary N) is 1. The van der Waals surface area contributed by atoms with E-state index in [2.05, 4.69) is 15.3 Å². The Morgan fingerprint density at radius 1 is 1.08 bits per heavy atom. The summed E-state index contributed by atoms with van der Waals surface area (Å²) in [7, 11) is 0. The second-order valence-corrected chi connectivity index (χ2v) is 6.48. The number of carbonyl (C=O) groups excluding carboxylic acids is 1. The van der Waals surface area contributed by atoms with Crippen LogP contribution in [0.3, 0.4) is 0 Å². The molecule has 1 amide bonds. The van der Waals surface area contributed by atoms with E-state index in [-0.39, 0.29) is 18.1 Å². The first kappa shape index (κ1) is 16.4. The lowest BCUT2D eigenvalue weighted by molar-refractivity contribution is -0.115. The van der Waals surface area contributed by atoms with Crippen LogP contribution in [0.4, 0.5) is 10.1 Å². The number of rotatable bonds is 4. The minimum atomic E-state index is -0.329. The highest BCUT2D eigenvalue weighted by atomic mass is 32.1. The van der Waals surface area contributed by atoms with Crippen molar-refractivity contribution in [3.8, 4) is 11.3 Å². The highest BCUT2D eigenvalue weighted by molar-refractivity contribution is 7.07. The number of nitrogens with zero attached hydrogens (tertiary/aromatic N) is 2. The molecule has 0 saturated carbocycles. The van der Waals surface area contributed by atoms with Gasteiger partial charge in [0, 0.05) is 16.3 Å². The lowest BCUT2D eigenvalue weighted by Crippen LogP contribution is -2.15. The monoisotopic (exact) mass is 363 g/mol. The first-order chi connectivity index (χ1) is 12.7. The van der Waals surface area contributed by atoms with Gasteiger partial charge in [0.2, 0.25) is 5.91 Å². The quantitative estimate of drug-likeness (QED) is 0.573. The predicted molar refractivity (Wildman–Crippen MR) is 102 cm³/mol. The molecule has 0 saturated heterocycles. The fourth-order valence-corrected chi connectivity index (χ4v) is 3.31. The molecular formula is C20H14FN3OS. The molecule has 6 heteroatoms. The number of hydrogen-bond donors (Lipinski definition) is 1. The third-order valence-electron chi connectivity index (χ3n) is 3.97. The molecule has 4 rings (SSSR count). The number of benzene rings is 2. The van der Waals surface area contributed by atoms with Crippen LogP contribution in [-0.4, -0.2) is 15.9 Å². The number of halogens is 1. The Hall–Kier alpha value is -3.12. The molecule has 2 aromatic carbocycles. The first-order valence-electron chi connectivity index (χ1n) is 8.02. The Kier molecular flexibility index (Phi) is 4.41. The maximum atomic E-state index is 14.1. The number of hydrogen-bond acceptors (Lipinski definition) is 4. The van der Waals surface area contributed by atoms with Crippen molar-refractivity contribution >= 4 is 33.8 Å². The van der Waals surface area contributed by atoms with Crippen LogP contribution in [0.5, 0.6) is 0 Å². The van der Waals surface area contributed by atoms with Crippen LogP contribution in [0.1, 0.15) is 5.69 Å². The molecule has 0 spiro atoms. The van der Waals surface area contributed by atoms with Gasteiger partial charge in [0.15, 0.2) is 0 Å². The van der Waals surface area contributed by atoms with E-state index in [9.17, 15) is 9.18 Å². The summed E-state index contributed by atoms with van der Waals surface area (Å²) in [5.41, 5.74) is 4.60. The SMILES string of the molecule is O=C(Cc1cscn1)Nc1cccc2ccc(-c3ccccc3F)nc12. The highest BCUT2D eigenvalue weighted by Crippen LogP contribution is 2.27. The summed E-state index contributed by atoms with van der Waals surface area (Å²) < 4.78 is 14.1. The molecule has 128 valence electrons. The van der Waals surface area contributed by atoms with Gasteiger partial charge in [-0.3, -0.25) is 4.79 Å². The Balaban J connectivity index is 1.70. The first-order valence-corrected chi connectivity index (χ1v) is 8.96. The fraction of sp³-hybridized carbons (Fsp3) is 0.0500. The molecular weight excluding hydrogens is 349 g/mol. The summed E-state index contributed by atoms with van der Waals surface area (Å²) in [5.74, 6) is -0.495. The van der Waals surface area contributed by atoms with Crippen molar-refractivity contribution in [1.29, 1.82) is 0 Å². The molecule has 1 N–H and O–H groups in total. The van der Waals surface area contributed by atoms with E-state index in [0.717, 1.165) is 11.1 Å². The molecule has 2 aromatic heterocycles. The Morgan fingerprint density at radius 2 is 1.96 bits per heavy atom. The summed E-state index contributed by atoms with van der Waals surface area (Å²) in [6.07, 6.45) is 0.201. The minimum Gasteiger partial charge on any atom is -0.324 e. The van der Waals surface area contributed by atoms with E-state index < -0.39 is 0 Å². The van der Waals surface area contributed by atoms with Crippen LogP contribution in [0, 0.1) is 5.82 Å². The number of pyridine rings is 1. The van der Waals surface area contributed by atoms with Gasteiger partial charge in [-0.1, -0.05) is 30.3 Å². The van der Waals surface area contributed by atoms with Gasteiger partial charge in [-0.25, -0.2) is 14.4 Å². The van der Waals surface area contributed by atoms with Gasteiger partial charge < -0.3 is 5.32 Å². The van der Waals surface area contributed by atoms with Gasteiger partial charge in [-0.05, 0) is 24.3 Å². The van der Waals surface area contributed by atoms with Crippen molar-refractivity contribution < 1.29 is 9.18 Å².